The highest BCUT2D eigenvalue weighted by Gasteiger charge is 2.46. The number of carbonyl (C=O) groups is 2. The first-order valence-corrected chi connectivity index (χ1v) is 17.5. The fraction of sp³-hybridized carbons (Fsp3) is 0.447. The summed E-state index contributed by atoms with van der Waals surface area (Å²) in [6, 6.07) is 14.1. The van der Waals surface area contributed by atoms with Gasteiger partial charge in [-0.3, -0.25) is 9.59 Å². The standard InChI is InChI=1S/C38H41N7O4/c1-20-24-8-11-29(20)45(19-24)37(47)25-15-28-34(33(17-25)49-4)42(3)36(41-28)31-16-23-7-9-27(40-35(23)44(31)18-22-5-6-22)26-10-12-30(21(2)39-26)43-14-13-32(46)38(43)48/h7,9-10,12,15-17,20,22,24,29,32,46H,5-6,8,11,13-14,18-19H2,1-4H3/t20-,24?,29?,32?/m1/s1. The number of carbonyl (C=O) groups excluding carboxylic acids is 2. The number of imidazole rings is 1. The largest absolute Gasteiger partial charge is 0.494 e. The molecule has 4 atom stereocenters. The van der Waals surface area contributed by atoms with Crippen molar-refractivity contribution in [1.29, 1.82) is 0 Å². The summed E-state index contributed by atoms with van der Waals surface area (Å²) in [5.41, 5.74) is 6.95. The average molecular weight is 660 g/mol. The van der Waals surface area contributed by atoms with Gasteiger partial charge >= 0.3 is 0 Å². The number of hydrogen-bond donors (Lipinski definition) is 1. The summed E-state index contributed by atoms with van der Waals surface area (Å²) in [6.45, 7) is 6.31. The summed E-state index contributed by atoms with van der Waals surface area (Å²) in [5.74, 6) is 2.94. The number of methoxy groups -OCH3 is 1. The van der Waals surface area contributed by atoms with E-state index in [1.54, 1.807) is 12.0 Å². The Hall–Kier alpha value is -4.77. The van der Waals surface area contributed by atoms with Gasteiger partial charge in [0.25, 0.3) is 11.8 Å². The highest BCUT2D eigenvalue weighted by molar-refractivity contribution is 6.01. The van der Waals surface area contributed by atoms with Crippen LogP contribution in [0, 0.1) is 24.7 Å². The summed E-state index contributed by atoms with van der Waals surface area (Å²) in [4.78, 5) is 45.1. The van der Waals surface area contributed by atoms with Crippen LogP contribution in [0.5, 0.6) is 5.75 Å². The van der Waals surface area contributed by atoms with Crippen molar-refractivity contribution in [2.45, 2.75) is 64.6 Å². The molecule has 2 bridgehead atoms. The second-order valence-corrected chi connectivity index (χ2v) is 14.6. The van der Waals surface area contributed by atoms with Gasteiger partial charge in [0.1, 0.15) is 23.0 Å². The van der Waals surface area contributed by atoms with Gasteiger partial charge in [0, 0.05) is 50.1 Å². The number of ether oxygens (including phenoxy) is 1. The molecule has 4 aromatic heterocycles. The molecule has 0 radical (unpaired) electrons. The monoisotopic (exact) mass is 659 g/mol. The van der Waals surface area contributed by atoms with E-state index in [4.69, 9.17) is 19.7 Å². The van der Waals surface area contributed by atoms with Gasteiger partial charge in [-0.15, -0.1) is 0 Å². The van der Waals surface area contributed by atoms with E-state index in [0.717, 1.165) is 70.2 Å². The minimum absolute atomic E-state index is 0.0625. The van der Waals surface area contributed by atoms with Crippen LogP contribution in [0.3, 0.4) is 0 Å². The fourth-order valence-electron chi connectivity index (χ4n) is 8.61. The van der Waals surface area contributed by atoms with Gasteiger partial charge < -0.3 is 28.8 Å². The summed E-state index contributed by atoms with van der Waals surface area (Å²) in [5, 5.41) is 11.0. The Kier molecular flexibility index (Phi) is 6.88. The van der Waals surface area contributed by atoms with Crippen LogP contribution in [0.2, 0.25) is 0 Å². The number of amides is 2. The SMILES string of the molecule is COc1cc(C(=O)N2CC3CCC2[C@@H]3C)cc2nc(-c3cc4ccc(-c5ccc(N6CCC(O)C6=O)c(C)n5)nc4n3CC3CC3)n(C)c12. The van der Waals surface area contributed by atoms with Crippen LogP contribution in [0.4, 0.5) is 5.69 Å². The van der Waals surface area contributed by atoms with Gasteiger partial charge in [-0.1, -0.05) is 6.92 Å². The molecule has 0 spiro atoms. The third kappa shape index (κ3) is 4.76. The minimum Gasteiger partial charge on any atom is -0.494 e. The molecule has 2 aliphatic carbocycles. The van der Waals surface area contributed by atoms with Gasteiger partial charge in [0.15, 0.2) is 5.82 Å². The number of aryl methyl sites for hydroxylation is 2. The Morgan fingerprint density at radius 2 is 1.80 bits per heavy atom. The number of aliphatic hydroxyl groups is 1. The Balaban J connectivity index is 1.11. The lowest BCUT2D eigenvalue weighted by Gasteiger charge is -2.27. The first-order valence-electron chi connectivity index (χ1n) is 17.5. The molecule has 4 fully saturated rings. The molecule has 3 unspecified atom stereocenters. The smallest absolute Gasteiger partial charge is 0.255 e. The van der Waals surface area contributed by atoms with Crippen molar-refractivity contribution in [2.24, 2.45) is 24.8 Å². The second kappa shape index (κ2) is 11.1. The number of piperidine rings is 1. The molecule has 49 heavy (non-hydrogen) atoms. The average Bonchev–Trinajstić information content (AvgIpc) is 3.27. The maximum Gasteiger partial charge on any atom is 0.255 e. The summed E-state index contributed by atoms with van der Waals surface area (Å²) >= 11 is 0. The molecule has 2 aliphatic heterocycles. The van der Waals surface area contributed by atoms with E-state index in [2.05, 4.69) is 33.1 Å². The third-order valence-corrected chi connectivity index (χ3v) is 11.6. The maximum atomic E-state index is 13.8. The molecule has 252 valence electrons. The van der Waals surface area contributed by atoms with E-state index in [0.29, 0.717) is 53.8 Å². The van der Waals surface area contributed by atoms with Crippen LogP contribution >= 0.6 is 0 Å². The van der Waals surface area contributed by atoms with Crippen molar-refractivity contribution in [2.75, 3.05) is 25.1 Å². The summed E-state index contributed by atoms with van der Waals surface area (Å²) in [7, 11) is 3.66. The number of fused-ring (bicyclic) bond motifs is 4. The number of nitrogens with zero attached hydrogens (tertiary/aromatic N) is 7. The van der Waals surface area contributed by atoms with E-state index < -0.39 is 6.10 Å². The number of anilines is 1. The molecular formula is C38H41N7O4. The predicted octanol–water partition coefficient (Wildman–Crippen LogP) is 5.35. The fourth-order valence-corrected chi connectivity index (χ4v) is 8.61. The minimum atomic E-state index is -0.951. The Morgan fingerprint density at radius 3 is 2.47 bits per heavy atom. The molecule has 11 nitrogen and oxygen atoms in total. The van der Waals surface area contributed by atoms with Gasteiger partial charge in [0.2, 0.25) is 0 Å². The molecule has 1 aromatic carbocycles. The Bertz CT molecular complexity index is 2180. The Labute approximate surface area is 284 Å². The zero-order valence-electron chi connectivity index (χ0n) is 28.4. The molecule has 11 heteroatoms. The molecule has 6 heterocycles. The molecule has 2 saturated heterocycles. The zero-order valence-corrected chi connectivity index (χ0v) is 28.4. The van der Waals surface area contributed by atoms with Crippen LogP contribution in [0.25, 0.3) is 45.0 Å². The maximum absolute atomic E-state index is 13.8. The van der Waals surface area contributed by atoms with E-state index in [-0.39, 0.29) is 11.8 Å². The molecule has 2 saturated carbocycles. The quantitative estimate of drug-likeness (QED) is 0.250. The highest BCUT2D eigenvalue weighted by Crippen LogP contribution is 2.44. The number of pyridine rings is 2. The van der Waals surface area contributed by atoms with E-state index >= 15 is 0 Å². The van der Waals surface area contributed by atoms with Crippen LogP contribution in [-0.2, 0) is 18.4 Å². The molecule has 1 N–H and O–H groups in total. The highest BCUT2D eigenvalue weighted by atomic mass is 16.5. The lowest BCUT2D eigenvalue weighted by molar-refractivity contribution is -0.124. The van der Waals surface area contributed by atoms with Gasteiger partial charge in [-0.05, 0) is 92.8 Å². The predicted molar refractivity (Wildman–Crippen MR) is 186 cm³/mol. The first kappa shape index (κ1) is 30.3. The number of aliphatic hydroxyl groups excluding tert-OH is 1. The molecule has 4 aliphatic rings. The lowest BCUT2D eigenvalue weighted by atomic mass is 10.0. The van der Waals surface area contributed by atoms with Crippen molar-refractivity contribution in [3.63, 3.8) is 0 Å². The number of aromatic nitrogens is 5. The van der Waals surface area contributed by atoms with Crippen molar-refractivity contribution in [1.82, 2.24) is 29.0 Å². The van der Waals surface area contributed by atoms with Gasteiger partial charge in [-0.2, -0.15) is 0 Å². The number of benzene rings is 1. The van der Waals surface area contributed by atoms with Crippen molar-refractivity contribution < 1.29 is 19.4 Å². The zero-order chi connectivity index (χ0) is 33.7. The third-order valence-electron chi connectivity index (χ3n) is 11.6. The topological polar surface area (TPSA) is 119 Å². The van der Waals surface area contributed by atoms with Crippen LogP contribution in [-0.4, -0.2) is 78.3 Å². The van der Waals surface area contributed by atoms with Crippen LogP contribution in [0.15, 0.2) is 42.5 Å². The van der Waals surface area contributed by atoms with Crippen molar-refractivity contribution in [3.05, 3.63) is 53.7 Å². The van der Waals surface area contributed by atoms with E-state index in [9.17, 15) is 14.7 Å². The molecule has 5 aromatic rings. The lowest BCUT2D eigenvalue weighted by Crippen LogP contribution is -2.38. The molecule has 9 rings (SSSR count). The van der Waals surface area contributed by atoms with Crippen LogP contribution < -0.4 is 9.64 Å². The first-order chi connectivity index (χ1) is 23.7. The van der Waals surface area contributed by atoms with Crippen molar-refractivity contribution >= 4 is 39.6 Å². The summed E-state index contributed by atoms with van der Waals surface area (Å²) in [6.07, 6.45) is 4.13. The normalized spacial score (nSPS) is 23.5. The Morgan fingerprint density at radius 1 is 1.00 bits per heavy atom. The molecular weight excluding hydrogens is 618 g/mol. The number of likely N-dealkylation sites (tertiary alicyclic amines) is 1. The second-order valence-electron chi connectivity index (χ2n) is 14.6. The van der Waals surface area contributed by atoms with Crippen molar-refractivity contribution in [3.8, 4) is 28.7 Å². The van der Waals surface area contributed by atoms with E-state index in [1.807, 2.05) is 44.3 Å². The number of rotatable bonds is 7. The molecule has 2 amide bonds. The summed E-state index contributed by atoms with van der Waals surface area (Å²) < 4.78 is 10.2. The van der Waals surface area contributed by atoms with Gasteiger partial charge in [-0.25, -0.2) is 15.0 Å². The van der Waals surface area contributed by atoms with Crippen LogP contribution in [0.1, 0.15) is 55.1 Å². The van der Waals surface area contributed by atoms with Gasteiger partial charge in [0.05, 0.1) is 41.1 Å². The van der Waals surface area contributed by atoms with E-state index in [1.165, 1.54) is 19.3 Å². The number of hydrogen-bond acceptors (Lipinski definition) is 7.